The summed E-state index contributed by atoms with van der Waals surface area (Å²) in [6.45, 7) is 22.1. The van der Waals surface area contributed by atoms with Crippen LogP contribution in [0.25, 0.3) is 0 Å². The fraction of sp³-hybridized carbons (Fsp3) is 0.650. The predicted octanol–water partition coefficient (Wildman–Crippen LogP) is 7.25. The van der Waals surface area contributed by atoms with Crippen LogP contribution < -0.4 is 10.2 Å². The smallest absolute Gasteiger partial charge is 0.0849 e. The highest BCUT2D eigenvalue weighted by molar-refractivity contribution is 7.85. The Balaban J connectivity index is 0.000000712. The van der Waals surface area contributed by atoms with E-state index in [1.807, 2.05) is 0 Å². The van der Waals surface area contributed by atoms with Gasteiger partial charge >= 0.3 is 0 Å². The second-order valence-electron chi connectivity index (χ2n) is 13.6. The monoisotopic (exact) mass is 688 g/mol. The summed E-state index contributed by atoms with van der Waals surface area (Å²) in [5.41, 5.74) is -0.00361. The fourth-order valence-corrected chi connectivity index (χ4v) is 6.51. The normalized spacial score (nSPS) is 11.4. The van der Waals surface area contributed by atoms with Crippen LogP contribution in [0.5, 0.6) is 0 Å². The number of hydrogen-bond donors (Lipinski definition) is 0. The van der Waals surface area contributed by atoms with Crippen LogP contribution in [-0.2, 0) is 10.8 Å². The van der Waals surface area contributed by atoms with Crippen LogP contribution in [0, 0.1) is 0 Å². The Bertz CT molecular complexity index is 1020. The van der Waals surface area contributed by atoms with E-state index in [1.165, 1.54) is 174 Å². The van der Waals surface area contributed by atoms with Gasteiger partial charge in [0.1, 0.15) is 0 Å². The lowest BCUT2D eigenvalue weighted by atomic mass is 10.2. The van der Waals surface area contributed by atoms with E-state index in [2.05, 4.69) is 55.6 Å². The van der Waals surface area contributed by atoms with Crippen LogP contribution in [0.3, 0.4) is 0 Å². The van der Waals surface area contributed by atoms with Gasteiger partial charge in [0.15, 0.2) is 0 Å². The molecule has 0 aromatic heterocycles. The van der Waals surface area contributed by atoms with Crippen LogP contribution in [0.15, 0.2) is 58.3 Å². The molecule has 0 spiro atoms. The van der Waals surface area contributed by atoms with Gasteiger partial charge in [-0.15, -0.1) is 0 Å². The molecule has 2 aromatic carbocycles. The van der Waals surface area contributed by atoms with Crippen molar-refractivity contribution in [1.29, 1.82) is 0 Å². The van der Waals surface area contributed by atoms with Crippen LogP contribution in [0.4, 0.5) is 0 Å². The number of carbonyl (C=O) groups is 2. The summed E-state index contributed by atoms with van der Waals surface area (Å²) >= 11 is 0. The molecule has 0 bridgehead atoms. The van der Waals surface area contributed by atoms with E-state index in [1.54, 1.807) is 0 Å². The molecule has 2 aromatic rings. The summed E-state index contributed by atoms with van der Waals surface area (Å²) in [7, 11) is 3.37. The number of rotatable bonds is 22. The topological polar surface area (TPSA) is 97.3 Å². The number of unbranched alkanes of at least 4 members (excludes halogenated alkanes) is 6. The summed E-state index contributed by atoms with van der Waals surface area (Å²) in [5.74, 6) is -2.61. The number of quaternary nitrogens is 2. The summed E-state index contributed by atoms with van der Waals surface area (Å²) in [5, 5.41) is 21.2. The Labute approximate surface area is 296 Å². The Morgan fingerprint density at radius 3 is 0.854 bits per heavy atom. The van der Waals surface area contributed by atoms with E-state index in [4.69, 9.17) is 0 Å². The average molecular weight is 689 g/mol. The first-order chi connectivity index (χ1) is 22.9. The van der Waals surface area contributed by atoms with Crippen molar-refractivity contribution in [2.75, 3.05) is 53.4 Å². The molecule has 2 rings (SSSR count). The van der Waals surface area contributed by atoms with Gasteiger partial charge in [-0.25, -0.2) is 4.21 Å². The number of carboxylic acid groups (broad SMARTS) is 2. The summed E-state index contributed by atoms with van der Waals surface area (Å²) in [6.07, 6.45) is 16.4. The first-order valence-corrected chi connectivity index (χ1v) is 19.7. The number of benzene rings is 2. The van der Waals surface area contributed by atoms with E-state index < -0.39 is 22.7 Å². The molecular weight excluding hydrogens is 621 g/mol. The lowest BCUT2D eigenvalue weighted by molar-refractivity contribution is -0.910. The molecule has 7 nitrogen and oxygen atoms in total. The van der Waals surface area contributed by atoms with E-state index >= 15 is 0 Å². The van der Waals surface area contributed by atoms with Gasteiger partial charge in [-0.05, 0) is 73.9 Å². The standard InChI is InChI=1S/C14H10O5S.2C13H30N/c15-13(16)9-1-5-11(6-2-9)20(19)12-7-3-10(4-8-12)14(17)18;2*1-5-8-11-14(4,12-9-6-2)13-10-7-3/h1-8H,(H,15,16)(H,17,18);2*5-13H2,1-4H3/q;2*+1/p-2. The molecule has 0 unspecified atom stereocenters. The van der Waals surface area contributed by atoms with Crippen molar-refractivity contribution in [2.24, 2.45) is 0 Å². The molecule has 8 heteroatoms. The van der Waals surface area contributed by atoms with Crippen molar-refractivity contribution in [3.8, 4) is 0 Å². The van der Waals surface area contributed by atoms with E-state index in [9.17, 15) is 24.0 Å². The van der Waals surface area contributed by atoms with Crippen molar-refractivity contribution in [2.45, 2.75) is 128 Å². The van der Waals surface area contributed by atoms with Gasteiger partial charge in [0.25, 0.3) is 0 Å². The molecule has 0 saturated carbocycles. The van der Waals surface area contributed by atoms with Crippen molar-refractivity contribution in [1.82, 2.24) is 0 Å². The molecule has 0 fully saturated rings. The maximum Gasteiger partial charge on any atom is 0.0849 e. The maximum absolute atomic E-state index is 12.2. The Morgan fingerprint density at radius 2 is 0.688 bits per heavy atom. The summed E-state index contributed by atoms with van der Waals surface area (Å²) in [4.78, 5) is 22.0. The number of aromatic carboxylic acids is 2. The van der Waals surface area contributed by atoms with E-state index in [-0.39, 0.29) is 11.1 Å². The van der Waals surface area contributed by atoms with Gasteiger partial charge in [-0.2, -0.15) is 0 Å². The predicted molar refractivity (Wildman–Crippen MR) is 197 cm³/mol. The van der Waals surface area contributed by atoms with Crippen LogP contribution >= 0.6 is 0 Å². The van der Waals surface area contributed by atoms with Gasteiger partial charge in [-0.1, -0.05) is 104 Å². The van der Waals surface area contributed by atoms with E-state index in [0.29, 0.717) is 9.79 Å². The molecule has 0 aliphatic rings. The summed E-state index contributed by atoms with van der Waals surface area (Å²) in [6, 6.07) is 10.9. The molecule has 0 aliphatic carbocycles. The zero-order valence-electron chi connectivity index (χ0n) is 31.7. The molecule has 0 heterocycles. The molecule has 48 heavy (non-hydrogen) atoms. The lowest BCUT2D eigenvalue weighted by Gasteiger charge is -2.34. The molecule has 0 amide bonds. The third-order valence-electron chi connectivity index (χ3n) is 8.92. The molecule has 274 valence electrons. The molecule has 0 aliphatic heterocycles. The second-order valence-corrected chi connectivity index (χ2v) is 15.1. The van der Waals surface area contributed by atoms with Gasteiger partial charge < -0.3 is 28.8 Å². The highest BCUT2D eigenvalue weighted by atomic mass is 32.2. The van der Waals surface area contributed by atoms with Crippen molar-refractivity contribution in [3.63, 3.8) is 0 Å². The Kier molecular flexibility index (Phi) is 24.9. The molecule has 0 radical (unpaired) electrons. The Morgan fingerprint density at radius 1 is 0.479 bits per heavy atom. The van der Waals surface area contributed by atoms with Gasteiger partial charge in [0.2, 0.25) is 0 Å². The second kappa shape index (κ2) is 26.3. The fourth-order valence-electron chi connectivity index (χ4n) is 5.48. The van der Waals surface area contributed by atoms with Gasteiger partial charge in [0, 0.05) is 9.79 Å². The highest BCUT2D eigenvalue weighted by Crippen LogP contribution is 2.18. The minimum Gasteiger partial charge on any atom is -0.545 e. The first kappa shape index (κ1) is 45.5. The zero-order chi connectivity index (χ0) is 36.4. The largest absolute Gasteiger partial charge is 0.545 e. The van der Waals surface area contributed by atoms with Gasteiger partial charge in [-0.3, -0.25) is 0 Å². The quantitative estimate of drug-likeness (QED) is 0.122. The molecule has 0 N–H and O–H groups in total. The molecule has 0 saturated heterocycles. The summed E-state index contributed by atoms with van der Waals surface area (Å²) < 4.78 is 14.8. The minimum atomic E-state index is -1.52. The Hall–Kier alpha value is -2.55. The SMILES string of the molecule is CCCC[N+](C)(CCCC)CCCC.CCCC[N+](C)(CCCC)CCCC.O=C([O-])c1ccc(S(=O)c2ccc(C(=O)[O-])cc2)cc1. The third-order valence-corrected chi connectivity index (χ3v) is 10.3. The van der Waals surface area contributed by atoms with Crippen LogP contribution in [0.2, 0.25) is 0 Å². The zero-order valence-corrected chi connectivity index (χ0v) is 32.5. The first-order valence-electron chi connectivity index (χ1n) is 18.6. The maximum atomic E-state index is 12.2. The third kappa shape index (κ3) is 19.4. The van der Waals surface area contributed by atoms with Crippen molar-refractivity contribution < 1.29 is 33.0 Å². The average Bonchev–Trinajstić information content (AvgIpc) is 3.10. The van der Waals surface area contributed by atoms with Crippen LogP contribution in [-0.4, -0.2) is 78.5 Å². The number of carboxylic acids is 2. The molecule has 0 atom stereocenters. The lowest BCUT2D eigenvalue weighted by Crippen LogP contribution is -2.46. The minimum absolute atomic E-state index is 0.00181. The van der Waals surface area contributed by atoms with Gasteiger partial charge in [0.05, 0.1) is 76.1 Å². The number of hydrogen-bond acceptors (Lipinski definition) is 5. The van der Waals surface area contributed by atoms with E-state index in [0.717, 1.165) is 0 Å². The van der Waals surface area contributed by atoms with Crippen molar-refractivity contribution >= 4 is 22.7 Å². The van der Waals surface area contributed by atoms with Crippen LogP contribution in [0.1, 0.15) is 139 Å². The highest BCUT2D eigenvalue weighted by Gasteiger charge is 2.20. The number of nitrogens with zero attached hydrogens (tertiary/aromatic N) is 2. The molecular formula is C40H68N2O5S. The number of carbonyl (C=O) groups excluding carboxylic acids is 2. The van der Waals surface area contributed by atoms with Crippen molar-refractivity contribution in [3.05, 3.63) is 59.7 Å².